The van der Waals surface area contributed by atoms with Crippen LogP contribution < -0.4 is 4.52 Å². The van der Waals surface area contributed by atoms with Crippen molar-refractivity contribution in [3.05, 3.63) is 29.5 Å². The Kier molecular flexibility index (Phi) is 4.00. The lowest BCUT2D eigenvalue weighted by atomic mass is 9.60. The van der Waals surface area contributed by atoms with Gasteiger partial charge in [0.2, 0.25) is 0 Å². The number of benzene rings is 1. The topological polar surface area (TPSA) is 85.8 Å². The number of aromatic nitrogens is 1. The van der Waals surface area contributed by atoms with Gasteiger partial charge in [-0.3, -0.25) is 14.7 Å². The zero-order valence-electron chi connectivity index (χ0n) is 15.8. The summed E-state index contributed by atoms with van der Waals surface area (Å²) in [6.45, 7) is 7.04. The van der Waals surface area contributed by atoms with Crippen LogP contribution in [-0.4, -0.2) is 38.8 Å². The lowest BCUT2D eigenvalue weighted by molar-refractivity contribution is -0.0540. The summed E-state index contributed by atoms with van der Waals surface area (Å²) in [5.74, 6) is 3.05. The highest BCUT2D eigenvalue weighted by atomic mass is 31.2. The van der Waals surface area contributed by atoms with Crippen molar-refractivity contribution in [3.8, 4) is 5.75 Å². The van der Waals surface area contributed by atoms with Crippen molar-refractivity contribution in [1.29, 1.82) is 0 Å². The number of phosphoric acid groups is 1. The molecule has 3 aliphatic heterocycles. The summed E-state index contributed by atoms with van der Waals surface area (Å²) in [6.07, 6.45) is 3.44. The summed E-state index contributed by atoms with van der Waals surface area (Å²) in [5.41, 5.74) is 3.69. The maximum atomic E-state index is 11.2. The smallest absolute Gasteiger partial charge is 0.404 e. The number of nitrogens with one attached hydrogen (secondary N) is 1. The highest BCUT2D eigenvalue weighted by molar-refractivity contribution is 7.46. The average Bonchev–Trinajstić information content (AvgIpc) is 2.92. The molecule has 27 heavy (non-hydrogen) atoms. The van der Waals surface area contributed by atoms with Gasteiger partial charge in [0.05, 0.1) is 0 Å². The molecule has 6 nitrogen and oxygen atoms in total. The van der Waals surface area contributed by atoms with Crippen LogP contribution in [0.2, 0.25) is 0 Å². The maximum Gasteiger partial charge on any atom is 0.524 e. The van der Waals surface area contributed by atoms with E-state index in [-0.39, 0.29) is 5.75 Å². The molecule has 1 aromatic heterocycles. The van der Waals surface area contributed by atoms with Crippen molar-refractivity contribution in [3.63, 3.8) is 0 Å². The molecule has 1 saturated carbocycles. The van der Waals surface area contributed by atoms with Gasteiger partial charge in [-0.2, -0.15) is 0 Å². The fourth-order valence-corrected chi connectivity index (χ4v) is 6.64. The minimum absolute atomic E-state index is 0.228. The Labute approximate surface area is 159 Å². The molecule has 7 heteroatoms. The first-order valence-electron chi connectivity index (χ1n) is 9.99. The third kappa shape index (κ3) is 2.77. The Balaban J connectivity index is 1.60. The minimum atomic E-state index is -4.55. The molecule has 0 radical (unpaired) electrons. The predicted molar refractivity (Wildman–Crippen MR) is 104 cm³/mol. The van der Waals surface area contributed by atoms with E-state index in [0.29, 0.717) is 12.0 Å². The third-order valence-electron chi connectivity index (χ3n) is 7.34. The number of piperidine rings is 2. The molecule has 2 saturated heterocycles. The maximum absolute atomic E-state index is 11.2. The Morgan fingerprint density at radius 1 is 1.37 bits per heavy atom. The van der Waals surface area contributed by atoms with Crippen LogP contribution in [0, 0.1) is 17.8 Å². The Morgan fingerprint density at radius 2 is 2.19 bits per heavy atom. The van der Waals surface area contributed by atoms with E-state index in [2.05, 4.69) is 23.7 Å². The summed E-state index contributed by atoms with van der Waals surface area (Å²) in [5, 5.41) is 1.04. The summed E-state index contributed by atoms with van der Waals surface area (Å²) in [7, 11) is -4.55. The van der Waals surface area contributed by atoms with E-state index in [1.165, 1.54) is 30.6 Å². The van der Waals surface area contributed by atoms with E-state index in [9.17, 15) is 4.57 Å². The zero-order valence-corrected chi connectivity index (χ0v) is 16.7. The molecular weight excluding hydrogens is 363 g/mol. The van der Waals surface area contributed by atoms with E-state index < -0.39 is 7.82 Å². The Morgan fingerprint density at radius 3 is 2.93 bits per heavy atom. The first-order valence-corrected chi connectivity index (χ1v) is 11.5. The average molecular weight is 390 g/mol. The summed E-state index contributed by atoms with van der Waals surface area (Å²) < 4.78 is 16.0. The number of hydrogen-bond acceptors (Lipinski definition) is 3. The summed E-state index contributed by atoms with van der Waals surface area (Å²) in [4.78, 5) is 24.6. The van der Waals surface area contributed by atoms with Gasteiger partial charge in [0.25, 0.3) is 0 Å². The van der Waals surface area contributed by atoms with Crippen LogP contribution in [0.5, 0.6) is 5.75 Å². The largest absolute Gasteiger partial charge is 0.524 e. The number of aromatic amines is 1. The SMILES string of the molecule is CCC1C(C)C2CC3c4[nH]c5ccc(OP(=O)(O)O)cc5c4CCN(C2)C31. The van der Waals surface area contributed by atoms with Gasteiger partial charge >= 0.3 is 7.82 Å². The van der Waals surface area contributed by atoms with Gasteiger partial charge < -0.3 is 9.51 Å². The Bertz CT molecular complexity index is 935. The minimum Gasteiger partial charge on any atom is -0.404 e. The zero-order chi connectivity index (χ0) is 18.9. The number of hydrogen-bond donors (Lipinski definition) is 3. The number of nitrogens with zero attached hydrogens (tertiary/aromatic N) is 1. The molecule has 2 aromatic rings. The molecule has 4 bridgehead atoms. The van der Waals surface area contributed by atoms with E-state index in [0.717, 1.165) is 41.6 Å². The molecule has 3 fully saturated rings. The quantitative estimate of drug-likeness (QED) is 0.697. The third-order valence-corrected chi connectivity index (χ3v) is 7.79. The molecule has 1 aromatic carbocycles. The lowest BCUT2D eigenvalue weighted by Gasteiger charge is -2.56. The summed E-state index contributed by atoms with van der Waals surface area (Å²) in [6, 6.07) is 5.91. The van der Waals surface area contributed by atoms with Gasteiger partial charge in [-0.05, 0) is 54.4 Å². The van der Waals surface area contributed by atoms with Crippen LogP contribution in [0.1, 0.15) is 43.9 Å². The molecule has 6 unspecified atom stereocenters. The highest BCUT2D eigenvalue weighted by Gasteiger charge is 2.51. The van der Waals surface area contributed by atoms with Crippen LogP contribution in [-0.2, 0) is 11.0 Å². The molecule has 1 aliphatic carbocycles. The fourth-order valence-electron chi connectivity index (χ4n) is 6.25. The normalized spacial score (nSPS) is 35.1. The molecule has 0 amide bonds. The van der Waals surface area contributed by atoms with Crippen molar-refractivity contribution in [2.45, 2.75) is 45.1 Å². The van der Waals surface area contributed by atoms with Gasteiger partial charge in [-0.1, -0.05) is 20.3 Å². The Hall–Kier alpha value is -1.33. The van der Waals surface area contributed by atoms with E-state index in [1.807, 2.05) is 6.07 Å². The second-order valence-electron chi connectivity index (χ2n) is 8.58. The number of H-pyrrole nitrogens is 1. The fraction of sp³-hybridized carbons (Fsp3) is 0.600. The van der Waals surface area contributed by atoms with E-state index in [1.54, 1.807) is 12.1 Å². The van der Waals surface area contributed by atoms with Crippen molar-refractivity contribution in [2.75, 3.05) is 13.1 Å². The molecule has 4 aliphatic rings. The number of rotatable bonds is 3. The molecule has 0 spiro atoms. The first kappa shape index (κ1) is 17.7. The van der Waals surface area contributed by atoms with Gasteiger partial charge in [-0.25, -0.2) is 4.57 Å². The van der Waals surface area contributed by atoms with Crippen molar-refractivity contribution in [1.82, 2.24) is 9.88 Å². The van der Waals surface area contributed by atoms with Crippen LogP contribution in [0.3, 0.4) is 0 Å². The monoisotopic (exact) mass is 390 g/mol. The molecule has 146 valence electrons. The van der Waals surface area contributed by atoms with Crippen LogP contribution in [0.15, 0.2) is 18.2 Å². The molecule has 4 heterocycles. The first-order chi connectivity index (χ1) is 12.9. The van der Waals surface area contributed by atoms with Crippen LogP contribution in [0.4, 0.5) is 0 Å². The van der Waals surface area contributed by atoms with Gasteiger partial charge in [0, 0.05) is 41.6 Å². The second-order valence-corrected chi connectivity index (χ2v) is 9.74. The standard InChI is InChI=1S/C20H27N2O4P/c1-3-14-11(2)12-8-17-19-15(6-7-22(10-12)20(14)17)16-9-13(26-27(23,24)25)4-5-18(16)21-19/h4-5,9,11-12,14,17,20-21H,3,6-8,10H2,1-2H3,(H2,23,24,25). The number of fused-ring (bicyclic) bond motifs is 4. The molecule has 6 atom stereocenters. The molecular formula is C20H27N2O4P. The van der Waals surface area contributed by atoms with Crippen molar-refractivity contribution in [2.24, 2.45) is 17.8 Å². The van der Waals surface area contributed by atoms with Crippen LogP contribution >= 0.6 is 7.82 Å². The van der Waals surface area contributed by atoms with Gasteiger partial charge in [-0.15, -0.1) is 0 Å². The highest BCUT2D eigenvalue weighted by Crippen LogP contribution is 2.53. The number of phosphoric ester groups is 1. The van der Waals surface area contributed by atoms with E-state index >= 15 is 0 Å². The molecule has 6 rings (SSSR count). The second kappa shape index (κ2) is 6.08. The summed E-state index contributed by atoms with van der Waals surface area (Å²) >= 11 is 0. The van der Waals surface area contributed by atoms with Gasteiger partial charge in [0.15, 0.2) is 0 Å². The van der Waals surface area contributed by atoms with E-state index in [4.69, 9.17) is 14.3 Å². The molecule has 3 N–H and O–H groups in total. The van der Waals surface area contributed by atoms with Gasteiger partial charge in [0.1, 0.15) is 5.75 Å². The predicted octanol–water partition coefficient (Wildman–Crippen LogP) is 3.65. The van der Waals surface area contributed by atoms with Crippen molar-refractivity contribution < 1.29 is 18.9 Å². The lowest BCUT2D eigenvalue weighted by Crippen LogP contribution is -2.59. The van der Waals surface area contributed by atoms with Crippen LogP contribution in [0.25, 0.3) is 10.9 Å². The van der Waals surface area contributed by atoms with Crippen molar-refractivity contribution >= 4 is 18.7 Å².